The summed E-state index contributed by atoms with van der Waals surface area (Å²) in [5.41, 5.74) is 3.56. The van der Waals surface area contributed by atoms with E-state index in [1.165, 1.54) is 0 Å². The van der Waals surface area contributed by atoms with Crippen LogP contribution in [0.4, 0.5) is 5.69 Å². The molecule has 0 aliphatic carbocycles. The quantitative estimate of drug-likeness (QED) is 0.594. The molecule has 0 saturated heterocycles. The Balaban J connectivity index is 2.64. The Morgan fingerprint density at radius 2 is 2.00 bits per heavy atom. The summed E-state index contributed by atoms with van der Waals surface area (Å²) in [6.45, 7) is 3.88. The van der Waals surface area contributed by atoms with Crippen molar-refractivity contribution in [2.24, 2.45) is 0 Å². The van der Waals surface area contributed by atoms with Crippen LogP contribution in [-0.2, 0) is 4.84 Å². The van der Waals surface area contributed by atoms with Crippen molar-refractivity contribution in [3.63, 3.8) is 0 Å². The van der Waals surface area contributed by atoms with E-state index >= 15 is 0 Å². The minimum Gasteiger partial charge on any atom is -0.455 e. The molecule has 0 aromatic heterocycles. The molecule has 70 valence electrons. The van der Waals surface area contributed by atoms with Gasteiger partial charge in [-0.1, -0.05) is 12.1 Å². The topological polar surface area (TPSA) is 30.5 Å². The number of rotatable bonds is 4. The fourth-order valence-corrected chi connectivity index (χ4v) is 0.971. The summed E-state index contributed by atoms with van der Waals surface area (Å²) in [5, 5.41) is 0. The highest BCUT2D eigenvalue weighted by atomic mass is 31.0. The van der Waals surface area contributed by atoms with Crippen molar-refractivity contribution in [2.75, 3.05) is 5.48 Å². The van der Waals surface area contributed by atoms with Crippen LogP contribution in [0.1, 0.15) is 13.8 Å². The van der Waals surface area contributed by atoms with Crippen LogP contribution in [-0.4, -0.2) is 6.10 Å². The van der Waals surface area contributed by atoms with Gasteiger partial charge in [0.05, 0.1) is 6.10 Å². The van der Waals surface area contributed by atoms with Crippen molar-refractivity contribution in [2.45, 2.75) is 20.0 Å². The van der Waals surface area contributed by atoms with E-state index in [-0.39, 0.29) is 6.10 Å². The molecule has 0 aliphatic heterocycles. The summed E-state index contributed by atoms with van der Waals surface area (Å²) in [7, 11) is 3.73. The highest BCUT2D eigenvalue weighted by Gasteiger charge is 2.01. The zero-order valence-corrected chi connectivity index (χ0v) is 8.54. The van der Waals surface area contributed by atoms with Crippen molar-refractivity contribution in [3.8, 4) is 5.75 Å². The smallest absolute Gasteiger partial charge is 0.232 e. The zero-order valence-electron chi connectivity index (χ0n) is 7.65. The van der Waals surface area contributed by atoms with Crippen molar-refractivity contribution >= 4 is 15.2 Å². The second kappa shape index (κ2) is 5.05. The number of nitrogens with one attached hydrogen (secondary N) is 1. The monoisotopic (exact) mass is 197 g/mol. The standard InChI is InChI=1S/C9H12NO2P/c1-7(2)11-10-8-5-3-4-6-9(8)12-13/h3-7,10H,1-2H3. The van der Waals surface area contributed by atoms with Gasteiger partial charge in [0.2, 0.25) is 9.47 Å². The second-order valence-electron chi connectivity index (χ2n) is 2.86. The fourth-order valence-electron chi connectivity index (χ4n) is 0.812. The first-order valence-electron chi connectivity index (χ1n) is 4.06. The first-order valence-corrected chi connectivity index (χ1v) is 4.42. The third-order valence-electron chi connectivity index (χ3n) is 1.39. The Kier molecular flexibility index (Phi) is 4.00. The Labute approximate surface area is 80.7 Å². The predicted octanol–water partition coefficient (Wildman–Crippen LogP) is 3.14. The molecule has 0 atom stereocenters. The van der Waals surface area contributed by atoms with Gasteiger partial charge in [-0.2, -0.15) is 0 Å². The minimum absolute atomic E-state index is 0.118. The van der Waals surface area contributed by atoms with Crippen LogP contribution < -0.4 is 10.0 Å². The Morgan fingerprint density at radius 3 is 2.62 bits per heavy atom. The van der Waals surface area contributed by atoms with E-state index in [0.717, 1.165) is 5.69 Å². The van der Waals surface area contributed by atoms with Crippen LogP contribution in [0.5, 0.6) is 5.75 Å². The lowest BCUT2D eigenvalue weighted by Gasteiger charge is -2.11. The molecule has 3 nitrogen and oxygen atoms in total. The van der Waals surface area contributed by atoms with Crippen molar-refractivity contribution in [3.05, 3.63) is 24.3 Å². The van der Waals surface area contributed by atoms with Crippen LogP contribution in [0.25, 0.3) is 0 Å². The predicted molar refractivity (Wildman–Crippen MR) is 53.8 cm³/mol. The highest BCUT2D eigenvalue weighted by molar-refractivity contribution is 7.10. The number of anilines is 1. The van der Waals surface area contributed by atoms with E-state index in [4.69, 9.17) is 9.36 Å². The van der Waals surface area contributed by atoms with Crippen molar-refractivity contribution < 1.29 is 9.36 Å². The highest BCUT2D eigenvalue weighted by Crippen LogP contribution is 2.25. The van der Waals surface area contributed by atoms with Crippen molar-refractivity contribution in [1.29, 1.82) is 0 Å². The van der Waals surface area contributed by atoms with Crippen LogP contribution in [0.2, 0.25) is 0 Å². The van der Waals surface area contributed by atoms with Crippen molar-refractivity contribution in [1.82, 2.24) is 0 Å². The average molecular weight is 197 g/mol. The molecule has 0 bridgehead atoms. The number of para-hydroxylation sites is 2. The van der Waals surface area contributed by atoms with E-state index in [2.05, 4.69) is 14.9 Å². The van der Waals surface area contributed by atoms with Gasteiger partial charge in [-0.15, -0.1) is 0 Å². The first-order chi connectivity index (χ1) is 6.24. The molecule has 0 amide bonds. The summed E-state index contributed by atoms with van der Waals surface area (Å²) in [5.74, 6) is 0.645. The largest absolute Gasteiger partial charge is 0.455 e. The molecule has 0 spiro atoms. The number of benzene rings is 1. The maximum atomic E-state index is 5.21. The van der Waals surface area contributed by atoms with Crippen LogP contribution in [0.15, 0.2) is 24.3 Å². The molecular weight excluding hydrogens is 185 g/mol. The Bertz CT molecular complexity index is 266. The zero-order chi connectivity index (χ0) is 9.68. The van der Waals surface area contributed by atoms with Gasteiger partial charge in [0.25, 0.3) is 0 Å². The SMILES string of the molecule is CC(C)ONc1ccccc1O[P]. The molecule has 1 rings (SSSR count). The molecule has 1 aromatic rings. The van der Waals surface area contributed by atoms with Crippen LogP contribution >= 0.6 is 9.47 Å². The molecule has 0 saturated carbocycles. The van der Waals surface area contributed by atoms with E-state index in [1.54, 1.807) is 6.07 Å². The van der Waals surface area contributed by atoms with Gasteiger partial charge in [0.1, 0.15) is 11.4 Å². The fraction of sp³-hybridized carbons (Fsp3) is 0.333. The summed E-state index contributed by atoms with van der Waals surface area (Å²) in [6.07, 6.45) is 0.118. The lowest BCUT2D eigenvalue weighted by Crippen LogP contribution is -2.09. The van der Waals surface area contributed by atoms with Gasteiger partial charge in [-0.05, 0) is 26.0 Å². The molecule has 1 N–H and O–H groups in total. The van der Waals surface area contributed by atoms with Crippen LogP contribution in [0.3, 0.4) is 0 Å². The number of hydrogen-bond donors (Lipinski definition) is 1. The molecule has 1 aromatic carbocycles. The van der Waals surface area contributed by atoms with E-state index in [9.17, 15) is 0 Å². The molecule has 0 aliphatic rings. The van der Waals surface area contributed by atoms with Gasteiger partial charge in [-0.25, -0.2) is 0 Å². The summed E-state index contributed by atoms with van der Waals surface area (Å²) < 4.78 is 4.83. The second-order valence-corrected chi connectivity index (χ2v) is 3.04. The summed E-state index contributed by atoms with van der Waals surface area (Å²) in [6, 6.07) is 7.42. The Hall–Kier alpha value is -0.790. The maximum absolute atomic E-state index is 5.21. The average Bonchev–Trinajstić information content (AvgIpc) is 2.15. The lowest BCUT2D eigenvalue weighted by molar-refractivity contribution is 0.130. The minimum atomic E-state index is 0.118. The summed E-state index contributed by atoms with van der Waals surface area (Å²) >= 11 is 0. The van der Waals surface area contributed by atoms with Gasteiger partial charge in [0, 0.05) is 0 Å². The maximum Gasteiger partial charge on any atom is 0.232 e. The first kappa shape index (κ1) is 10.3. The normalized spacial score (nSPS) is 10.2. The van der Waals surface area contributed by atoms with Gasteiger partial charge in [0.15, 0.2) is 0 Å². The summed E-state index contributed by atoms with van der Waals surface area (Å²) in [4.78, 5) is 5.21. The molecule has 0 heterocycles. The van der Waals surface area contributed by atoms with Gasteiger partial charge in [-0.3, -0.25) is 10.3 Å². The van der Waals surface area contributed by atoms with Gasteiger partial charge < -0.3 is 4.52 Å². The third-order valence-corrected chi connectivity index (χ3v) is 1.59. The number of hydrogen-bond acceptors (Lipinski definition) is 3. The van der Waals surface area contributed by atoms with Gasteiger partial charge >= 0.3 is 0 Å². The van der Waals surface area contributed by atoms with Crippen LogP contribution in [0, 0.1) is 0 Å². The van der Waals surface area contributed by atoms with E-state index in [0.29, 0.717) is 5.75 Å². The third kappa shape index (κ3) is 3.21. The van der Waals surface area contributed by atoms with E-state index in [1.807, 2.05) is 32.0 Å². The molecule has 0 unspecified atom stereocenters. The Morgan fingerprint density at radius 1 is 1.31 bits per heavy atom. The molecule has 13 heavy (non-hydrogen) atoms. The molecule has 2 radical (unpaired) electrons. The molecular formula is C9H12NO2P. The van der Waals surface area contributed by atoms with E-state index < -0.39 is 0 Å². The molecule has 0 fully saturated rings. The molecule has 4 heteroatoms. The lowest BCUT2D eigenvalue weighted by atomic mass is 10.3.